The van der Waals surface area contributed by atoms with Gasteiger partial charge in [-0.1, -0.05) is 23.7 Å². The third kappa shape index (κ3) is 4.59. The van der Waals surface area contributed by atoms with E-state index in [1.54, 1.807) is 30.3 Å². The number of hydrogen-bond donors (Lipinski definition) is 1. The summed E-state index contributed by atoms with van der Waals surface area (Å²) < 4.78 is 18.9. The van der Waals surface area contributed by atoms with Crippen molar-refractivity contribution in [1.29, 1.82) is 0 Å². The summed E-state index contributed by atoms with van der Waals surface area (Å²) in [5, 5.41) is 13.7. The summed E-state index contributed by atoms with van der Waals surface area (Å²) >= 11 is 6.06. The van der Waals surface area contributed by atoms with Crippen LogP contribution in [0.5, 0.6) is 0 Å². The van der Waals surface area contributed by atoms with Gasteiger partial charge in [0.1, 0.15) is 11.3 Å². The summed E-state index contributed by atoms with van der Waals surface area (Å²) in [6.07, 6.45) is 2.75. The van der Waals surface area contributed by atoms with Gasteiger partial charge < -0.3 is 9.73 Å². The van der Waals surface area contributed by atoms with Gasteiger partial charge in [-0.3, -0.25) is 14.9 Å². The zero-order valence-electron chi connectivity index (χ0n) is 15.7. The number of amides is 1. The molecule has 0 radical (unpaired) electrons. The molecule has 0 fully saturated rings. The van der Waals surface area contributed by atoms with Crippen LogP contribution in [0.1, 0.15) is 5.56 Å². The van der Waals surface area contributed by atoms with Crippen molar-refractivity contribution < 1.29 is 18.5 Å². The van der Waals surface area contributed by atoms with Gasteiger partial charge in [-0.25, -0.2) is 9.37 Å². The molecule has 9 heteroatoms. The molecule has 1 aromatic heterocycles. The molecule has 3 aromatic carbocycles. The number of non-ortho nitro benzene ring substituents is 1. The number of nitro groups is 1. The Kier molecular flexibility index (Phi) is 5.46. The van der Waals surface area contributed by atoms with Crippen LogP contribution in [0.25, 0.3) is 28.6 Å². The van der Waals surface area contributed by atoms with E-state index in [1.165, 1.54) is 42.5 Å². The van der Waals surface area contributed by atoms with Crippen LogP contribution in [0.15, 0.2) is 71.2 Å². The van der Waals surface area contributed by atoms with E-state index in [0.717, 1.165) is 0 Å². The maximum Gasteiger partial charge on any atom is 0.270 e. The van der Waals surface area contributed by atoms with Gasteiger partial charge >= 0.3 is 0 Å². The molecule has 7 nitrogen and oxygen atoms in total. The van der Waals surface area contributed by atoms with Gasteiger partial charge in [-0.15, -0.1) is 0 Å². The minimum absolute atomic E-state index is 0.0592. The Hall–Kier alpha value is -4.04. The molecule has 0 atom stereocenters. The molecule has 0 aliphatic rings. The molecule has 154 valence electrons. The lowest BCUT2D eigenvalue weighted by Crippen LogP contribution is -2.07. The number of carbonyl (C=O) groups is 1. The smallest absolute Gasteiger partial charge is 0.270 e. The third-order valence-corrected chi connectivity index (χ3v) is 4.64. The highest BCUT2D eigenvalue weighted by atomic mass is 35.5. The van der Waals surface area contributed by atoms with Crippen molar-refractivity contribution in [3.8, 4) is 11.5 Å². The topological polar surface area (TPSA) is 98.3 Å². The first-order valence-corrected chi connectivity index (χ1v) is 9.36. The number of aromatic nitrogens is 1. The Bertz CT molecular complexity index is 1350. The number of fused-ring (bicyclic) bond motifs is 1. The van der Waals surface area contributed by atoms with Crippen LogP contribution >= 0.6 is 11.6 Å². The van der Waals surface area contributed by atoms with E-state index in [9.17, 15) is 19.3 Å². The van der Waals surface area contributed by atoms with Crippen molar-refractivity contribution in [2.24, 2.45) is 0 Å². The minimum atomic E-state index is -0.502. The Morgan fingerprint density at radius 1 is 1.16 bits per heavy atom. The lowest BCUT2D eigenvalue weighted by Gasteiger charge is -2.01. The van der Waals surface area contributed by atoms with Crippen LogP contribution in [0.4, 0.5) is 15.8 Å². The van der Waals surface area contributed by atoms with E-state index in [2.05, 4.69) is 10.3 Å². The van der Waals surface area contributed by atoms with E-state index >= 15 is 0 Å². The maximum atomic E-state index is 13.3. The molecule has 0 unspecified atom stereocenters. The molecule has 0 bridgehead atoms. The van der Waals surface area contributed by atoms with E-state index in [0.29, 0.717) is 27.9 Å². The number of nitro benzene ring substituents is 1. The SMILES string of the molecule is O=C(C=Cc1cccc([N+](=O)[O-])c1)Nc1ccc2oc(-c3ccc(F)cc3Cl)nc2c1. The number of halogens is 2. The number of anilines is 1. The first kappa shape index (κ1) is 20.2. The quantitative estimate of drug-likeness (QED) is 0.240. The largest absolute Gasteiger partial charge is 0.436 e. The highest BCUT2D eigenvalue weighted by Crippen LogP contribution is 2.31. The van der Waals surface area contributed by atoms with E-state index in [1.807, 2.05) is 0 Å². The molecular weight excluding hydrogens is 425 g/mol. The number of benzene rings is 3. The van der Waals surface area contributed by atoms with Crippen LogP contribution in [0.2, 0.25) is 5.02 Å². The fourth-order valence-electron chi connectivity index (χ4n) is 2.88. The van der Waals surface area contributed by atoms with Gasteiger partial charge in [0.05, 0.1) is 15.5 Å². The summed E-state index contributed by atoms with van der Waals surface area (Å²) in [5.41, 5.74) is 2.35. The standard InChI is InChI=1S/C22H13ClFN3O4/c23-18-11-14(24)5-7-17(18)22-26-19-12-15(6-8-20(19)31-22)25-21(28)9-4-13-2-1-3-16(10-13)27(29)30/h1-12H,(H,25,28). The van der Waals surface area contributed by atoms with Gasteiger partial charge in [-0.2, -0.15) is 0 Å². The van der Waals surface area contributed by atoms with Crippen molar-refractivity contribution in [2.45, 2.75) is 0 Å². The zero-order chi connectivity index (χ0) is 22.0. The predicted octanol–water partition coefficient (Wildman–Crippen LogP) is 5.85. The summed E-state index contributed by atoms with van der Waals surface area (Å²) in [4.78, 5) is 26.9. The third-order valence-electron chi connectivity index (χ3n) is 4.32. The minimum Gasteiger partial charge on any atom is -0.436 e. The number of rotatable bonds is 5. The van der Waals surface area contributed by atoms with Crippen LogP contribution < -0.4 is 5.32 Å². The molecule has 1 amide bonds. The fourth-order valence-corrected chi connectivity index (χ4v) is 3.13. The zero-order valence-corrected chi connectivity index (χ0v) is 16.5. The normalized spacial score (nSPS) is 11.2. The van der Waals surface area contributed by atoms with Gasteiger partial charge in [-0.05, 0) is 48.0 Å². The number of nitrogens with zero attached hydrogens (tertiary/aromatic N) is 2. The second-order valence-electron chi connectivity index (χ2n) is 6.50. The molecule has 31 heavy (non-hydrogen) atoms. The van der Waals surface area contributed by atoms with E-state index in [4.69, 9.17) is 16.0 Å². The summed E-state index contributed by atoms with van der Waals surface area (Å²) in [6.45, 7) is 0. The van der Waals surface area contributed by atoms with Crippen LogP contribution in [0.3, 0.4) is 0 Å². The Labute approximate surface area is 179 Å². The van der Waals surface area contributed by atoms with Crippen LogP contribution in [-0.4, -0.2) is 15.8 Å². The number of hydrogen-bond acceptors (Lipinski definition) is 5. The molecule has 0 saturated carbocycles. The van der Waals surface area contributed by atoms with Crippen molar-refractivity contribution in [3.63, 3.8) is 0 Å². The van der Waals surface area contributed by atoms with Crippen LogP contribution in [0, 0.1) is 15.9 Å². The summed E-state index contributed by atoms with van der Waals surface area (Å²) in [6, 6.07) is 14.7. The van der Waals surface area contributed by atoms with Crippen molar-refractivity contribution in [3.05, 3.63) is 93.3 Å². The highest BCUT2D eigenvalue weighted by Gasteiger charge is 2.13. The molecule has 0 aliphatic heterocycles. The highest BCUT2D eigenvalue weighted by molar-refractivity contribution is 6.33. The van der Waals surface area contributed by atoms with Crippen molar-refractivity contribution >= 4 is 46.1 Å². The number of oxazole rings is 1. The lowest BCUT2D eigenvalue weighted by atomic mass is 10.2. The molecule has 0 aliphatic carbocycles. The van der Waals surface area contributed by atoms with Gasteiger partial charge in [0.25, 0.3) is 5.69 Å². The van der Waals surface area contributed by atoms with Gasteiger partial charge in [0.15, 0.2) is 5.58 Å². The van der Waals surface area contributed by atoms with Crippen molar-refractivity contribution in [1.82, 2.24) is 4.98 Å². The first-order chi connectivity index (χ1) is 14.9. The monoisotopic (exact) mass is 437 g/mol. The first-order valence-electron chi connectivity index (χ1n) is 8.98. The number of carbonyl (C=O) groups excluding carboxylic acids is 1. The van der Waals surface area contributed by atoms with E-state index < -0.39 is 16.6 Å². The molecule has 0 spiro atoms. The molecule has 4 aromatic rings. The molecule has 1 N–H and O–H groups in total. The number of nitrogens with one attached hydrogen (secondary N) is 1. The predicted molar refractivity (Wildman–Crippen MR) is 115 cm³/mol. The van der Waals surface area contributed by atoms with Crippen molar-refractivity contribution in [2.75, 3.05) is 5.32 Å². The molecular formula is C22H13ClFN3O4. The Morgan fingerprint density at radius 2 is 2.00 bits per heavy atom. The van der Waals surface area contributed by atoms with Gasteiger partial charge in [0, 0.05) is 23.9 Å². The summed E-state index contributed by atoms with van der Waals surface area (Å²) in [5.74, 6) is -0.654. The second kappa shape index (κ2) is 8.37. The molecule has 4 rings (SSSR count). The summed E-state index contributed by atoms with van der Waals surface area (Å²) in [7, 11) is 0. The maximum absolute atomic E-state index is 13.3. The fraction of sp³-hybridized carbons (Fsp3) is 0. The molecule has 0 saturated heterocycles. The van der Waals surface area contributed by atoms with Gasteiger partial charge in [0.2, 0.25) is 11.8 Å². The second-order valence-corrected chi connectivity index (χ2v) is 6.91. The van der Waals surface area contributed by atoms with Crippen LogP contribution in [-0.2, 0) is 4.79 Å². The average molecular weight is 438 g/mol. The van der Waals surface area contributed by atoms with E-state index in [-0.39, 0.29) is 16.6 Å². The Balaban J connectivity index is 1.51. The Morgan fingerprint density at radius 3 is 2.77 bits per heavy atom. The molecule has 1 heterocycles. The average Bonchev–Trinajstić information content (AvgIpc) is 3.15. The lowest BCUT2D eigenvalue weighted by molar-refractivity contribution is -0.384.